The van der Waals surface area contributed by atoms with Gasteiger partial charge in [-0.3, -0.25) is 9.59 Å². The lowest BCUT2D eigenvalue weighted by molar-refractivity contribution is -0.143. The first-order valence-corrected chi connectivity index (χ1v) is 10.9. The molecule has 28 heavy (non-hydrogen) atoms. The number of hydrogen-bond donors (Lipinski definition) is 0. The van der Waals surface area contributed by atoms with Gasteiger partial charge in [0, 0.05) is 44.4 Å². The number of likely N-dealkylation sites (tertiary alicyclic amines) is 2. The van der Waals surface area contributed by atoms with E-state index in [-0.39, 0.29) is 11.3 Å². The molecule has 152 valence electrons. The van der Waals surface area contributed by atoms with Crippen molar-refractivity contribution >= 4 is 11.8 Å². The molecule has 5 nitrogen and oxygen atoms in total. The minimum Gasteiger partial charge on any atom is -0.494 e. The van der Waals surface area contributed by atoms with Crippen molar-refractivity contribution in [1.29, 1.82) is 0 Å². The maximum Gasteiger partial charge on any atom is 0.222 e. The minimum atomic E-state index is 0.122. The summed E-state index contributed by atoms with van der Waals surface area (Å²) in [7, 11) is 0. The third-order valence-corrected chi connectivity index (χ3v) is 6.48. The van der Waals surface area contributed by atoms with Crippen molar-refractivity contribution in [3.05, 3.63) is 30.3 Å². The second kappa shape index (κ2) is 8.54. The van der Waals surface area contributed by atoms with Crippen molar-refractivity contribution in [1.82, 2.24) is 9.80 Å². The van der Waals surface area contributed by atoms with Crippen molar-refractivity contribution in [2.75, 3.05) is 32.8 Å². The monoisotopic (exact) mass is 384 g/mol. The Morgan fingerprint density at radius 1 is 1.14 bits per heavy atom. The van der Waals surface area contributed by atoms with Crippen molar-refractivity contribution in [3.63, 3.8) is 0 Å². The van der Waals surface area contributed by atoms with E-state index in [4.69, 9.17) is 4.74 Å². The fraction of sp³-hybridized carbons (Fsp3) is 0.652. The number of ether oxygens (including phenoxy) is 1. The molecule has 1 unspecified atom stereocenters. The maximum atomic E-state index is 12.8. The van der Waals surface area contributed by atoms with Crippen LogP contribution in [0, 0.1) is 11.3 Å². The Hall–Kier alpha value is -2.04. The molecule has 1 spiro atoms. The quantitative estimate of drug-likeness (QED) is 0.676. The average molecular weight is 385 g/mol. The van der Waals surface area contributed by atoms with E-state index in [0.29, 0.717) is 25.4 Å². The zero-order chi connectivity index (χ0) is 19.4. The lowest BCUT2D eigenvalue weighted by Gasteiger charge is -2.48. The van der Waals surface area contributed by atoms with E-state index >= 15 is 0 Å². The first kappa shape index (κ1) is 19.3. The van der Waals surface area contributed by atoms with Crippen LogP contribution >= 0.6 is 0 Å². The number of hydrogen-bond acceptors (Lipinski definition) is 3. The number of nitrogens with zero attached hydrogens (tertiary/aromatic N) is 2. The Balaban J connectivity index is 1.25. The normalized spacial score (nSPS) is 25.2. The van der Waals surface area contributed by atoms with Gasteiger partial charge in [-0.1, -0.05) is 18.2 Å². The van der Waals surface area contributed by atoms with E-state index in [0.717, 1.165) is 63.5 Å². The molecule has 1 atom stereocenters. The molecule has 4 rings (SSSR count). The minimum absolute atomic E-state index is 0.122. The van der Waals surface area contributed by atoms with Crippen molar-refractivity contribution in [2.45, 2.75) is 51.4 Å². The van der Waals surface area contributed by atoms with E-state index < -0.39 is 0 Å². The lowest BCUT2D eigenvalue weighted by Crippen LogP contribution is -2.55. The molecule has 1 aromatic rings. The summed E-state index contributed by atoms with van der Waals surface area (Å²) in [6.07, 6.45) is 7.60. The summed E-state index contributed by atoms with van der Waals surface area (Å²) in [4.78, 5) is 29.2. The molecule has 0 bridgehead atoms. The third kappa shape index (κ3) is 4.86. The molecule has 0 N–H and O–H groups in total. The summed E-state index contributed by atoms with van der Waals surface area (Å²) in [5.74, 6) is 2.14. The predicted octanol–water partition coefficient (Wildman–Crippen LogP) is 3.49. The number of amides is 2. The highest BCUT2D eigenvalue weighted by Gasteiger charge is 2.43. The number of para-hydroxylation sites is 1. The standard InChI is InChI=1S/C23H32N2O3/c26-21(8-4-15-28-20-6-2-1-3-7-20)24-14-5-12-23(17-24)13-11-22(27)25(18-23)16-19-9-10-19/h1-3,6-7,19H,4-5,8-18H2. The van der Waals surface area contributed by atoms with Gasteiger partial charge in [-0.25, -0.2) is 0 Å². The summed E-state index contributed by atoms with van der Waals surface area (Å²) >= 11 is 0. The SMILES string of the molecule is O=C(CCCOc1ccccc1)N1CCCC2(CCC(=O)N(CC3CC3)C2)C1. The smallest absolute Gasteiger partial charge is 0.222 e. The number of carbonyl (C=O) groups excluding carboxylic acids is 2. The molecular formula is C23H32N2O3. The summed E-state index contributed by atoms with van der Waals surface area (Å²) < 4.78 is 5.71. The summed E-state index contributed by atoms with van der Waals surface area (Å²) in [6.45, 7) is 4.03. The summed E-state index contributed by atoms with van der Waals surface area (Å²) in [5, 5.41) is 0. The Morgan fingerprint density at radius 2 is 1.96 bits per heavy atom. The van der Waals surface area contributed by atoms with Gasteiger partial charge in [0.2, 0.25) is 11.8 Å². The van der Waals surface area contributed by atoms with Gasteiger partial charge in [0.15, 0.2) is 0 Å². The van der Waals surface area contributed by atoms with Gasteiger partial charge in [-0.15, -0.1) is 0 Å². The highest BCUT2D eigenvalue weighted by atomic mass is 16.5. The van der Waals surface area contributed by atoms with Crippen LogP contribution in [0.4, 0.5) is 0 Å². The van der Waals surface area contributed by atoms with Crippen LogP contribution < -0.4 is 4.74 Å². The number of benzene rings is 1. The predicted molar refractivity (Wildman–Crippen MR) is 108 cm³/mol. The fourth-order valence-corrected chi connectivity index (χ4v) is 4.72. The molecule has 0 radical (unpaired) electrons. The van der Waals surface area contributed by atoms with Gasteiger partial charge in [-0.05, 0) is 56.6 Å². The zero-order valence-corrected chi connectivity index (χ0v) is 16.8. The van der Waals surface area contributed by atoms with Gasteiger partial charge in [0.05, 0.1) is 6.61 Å². The second-order valence-electron chi connectivity index (χ2n) is 8.90. The van der Waals surface area contributed by atoms with E-state index in [9.17, 15) is 9.59 Å². The fourth-order valence-electron chi connectivity index (χ4n) is 4.72. The Bertz CT molecular complexity index is 688. The van der Waals surface area contributed by atoms with Crippen molar-refractivity contribution in [2.24, 2.45) is 11.3 Å². The lowest BCUT2D eigenvalue weighted by atomic mass is 9.73. The Kier molecular flexibility index (Phi) is 5.88. The van der Waals surface area contributed by atoms with Gasteiger partial charge in [0.25, 0.3) is 0 Å². The molecule has 2 aliphatic heterocycles. The molecule has 1 saturated carbocycles. The molecule has 5 heteroatoms. The maximum absolute atomic E-state index is 12.8. The van der Waals surface area contributed by atoms with E-state index in [1.807, 2.05) is 30.3 Å². The molecule has 1 aliphatic carbocycles. The molecule has 2 amide bonds. The Morgan fingerprint density at radius 3 is 2.75 bits per heavy atom. The van der Waals surface area contributed by atoms with Crippen LogP contribution in [0.5, 0.6) is 5.75 Å². The van der Waals surface area contributed by atoms with Crippen LogP contribution in [-0.4, -0.2) is 54.4 Å². The Labute approximate surface area is 168 Å². The van der Waals surface area contributed by atoms with Gasteiger partial charge < -0.3 is 14.5 Å². The van der Waals surface area contributed by atoms with Crippen LogP contribution in [0.1, 0.15) is 51.4 Å². The van der Waals surface area contributed by atoms with Crippen LogP contribution in [0.2, 0.25) is 0 Å². The van der Waals surface area contributed by atoms with Gasteiger partial charge >= 0.3 is 0 Å². The van der Waals surface area contributed by atoms with Crippen LogP contribution in [0.25, 0.3) is 0 Å². The first-order valence-electron chi connectivity index (χ1n) is 10.9. The number of rotatable bonds is 7. The van der Waals surface area contributed by atoms with Crippen LogP contribution in [-0.2, 0) is 9.59 Å². The topological polar surface area (TPSA) is 49.9 Å². The van der Waals surface area contributed by atoms with E-state index in [2.05, 4.69) is 9.80 Å². The van der Waals surface area contributed by atoms with E-state index in [1.54, 1.807) is 0 Å². The molecule has 2 saturated heterocycles. The highest BCUT2D eigenvalue weighted by Crippen LogP contribution is 2.40. The van der Waals surface area contributed by atoms with Gasteiger partial charge in [0.1, 0.15) is 5.75 Å². The highest BCUT2D eigenvalue weighted by molar-refractivity contribution is 5.78. The van der Waals surface area contributed by atoms with Crippen LogP contribution in [0.15, 0.2) is 30.3 Å². The molecular weight excluding hydrogens is 352 g/mol. The molecule has 3 fully saturated rings. The largest absolute Gasteiger partial charge is 0.494 e. The summed E-state index contributed by atoms with van der Waals surface area (Å²) in [5.41, 5.74) is 0.122. The molecule has 0 aromatic heterocycles. The average Bonchev–Trinajstić information content (AvgIpc) is 3.53. The molecule has 1 aromatic carbocycles. The van der Waals surface area contributed by atoms with Crippen molar-refractivity contribution < 1.29 is 14.3 Å². The third-order valence-electron chi connectivity index (χ3n) is 6.48. The van der Waals surface area contributed by atoms with E-state index in [1.165, 1.54) is 12.8 Å². The molecule has 2 heterocycles. The molecule has 3 aliphatic rings. The summed E-state index contributed by atoms with van der Waals surface area (Å²) in [6, 6.07) is 9.75. The zero-order valence-electron chi connectivity index (χ0n) is 16.8. The van der Waals surface area contributed by atoms with Crippen LogP contribution in [0.3, 0.4) is 0 Å². The van der Waals surface area contributed by atoms with Crippen molar-refractivity contribution in [3.8, 4) is 5.75 Å². The van der Waals surface area contributed by atoms with Gasteiger partial charge in [-0.2, -0.15) is 0 Å². The second-order valence-corrected chi connectivity index (χ2v) is 8.90. The number of carbonyl (C=O) groups is 2. The first-order chi connectivity index (χ1) is 13.6. The number of piperidine rings is 2.